The van der Waals surface area contributed by atoms with Gasteiger partial charge in [0.15, 0.2) is 5.13 Å². The third-order valence-electron chi connectivity index (χ3n) is 1.54. The molecule has 0 aliphatic rings. The molecule has 0 fully saturated rings. The van der Waals surface area contributed by atoms with Crippen LogP contribution in [-0.4, -0.2) is 31.7 Å². The van der Waals surface area contributed by atoms with Gasteiger partial charge in [0.25, 0.3) is 0 Å². The van der Waals surface area contributed by atoms with Gasteiger partial charge < -0.3 is 5.32 Å². The number of anilines is 1. The summed E-state index contributed by atoms with van der Waals surface area (Å²) in [5.74, 6) is 0. The van der Waals surface area contributed by atoms with Crippen molar-refractivity contribution in [1.82, 2.24) is 10.3 Å². The van der Waals surface area contributed by atoms with Crippen LogP contribution >= 0.6 is 23.1 Å². The van der Waals surface area contributed by atoms with E-state index in [0.29, 0.717) is 17.2 Å². The fourth-order valence-electron chi connectivity index (χ4n) is 0.788. The average Bonchev–Trinajstić information content (AvgIpc) is 2.79. The van der Waals surface area contributed by atoms with Crippen LogP contribution in [0.3, 0.4) is 0 Å². The number of carbonyl (C=O) groups excluding carboxylic acids is 1. The van der Waals surface area contributed by atoms with E-state index in [1.165, 1.54) is 34.1 Å². The number of nitrogens with one attached hydrogen (secondary N) is 1. The van der Waals surface area contributed by atoms with Gasteiger partial charge in [-0.15, -0.1) is 23.1 Å². The fraction of sp³-hybridized carbons (Fsp3) is 0.273. The maximum atomic E-state index is 10.8. The highest BCUT2D eigenvalue weighted by molar-refractivity contribution is 7.98. The Morgan fingerprint density at radius 3 is 2.59 bits per heavy atom. The van der Waals surface area contributed by atoms with Gasteiger partial charge in [-0.2, -0.15) is 0 Å². The van der Waals surface area contributed by atoms with Crippen LogP contribution in [0.5, 0.6) is 0 Å². The quantitative estimate of drug-likeness (QED) is 0.507. The highest BCUT2D eigenvalue weighted by atomic mass is 32.2. The standard InChI is InChI=1S/C9H10N2OS2.C2H7N/c1-4-7(2)11(6-12)9-10-8(13-3)5-14-9;1-3-2/h4-6H,1-2H2,3H3;3H,1-2H3. The van der Waals surface area contributed by atoms with Gasteiger partial charge in [0, 0.05) is 11.1 Å². The number of nitrogens with zero attached hydrogens (tertiary/aromatic N) is 2. The van der Waals surface area contributed by atoms with E-state index in [9.17, 15) is 4.79 Å². The van der Waals surface area contributed by atoms with Crippen molar-refractivity contribution in [2.24, 2.45) is 0 Å². The van der Waals surface area contributed by atoms with E-state index in [1.54, 1.807) is 0 Å². The summed E-state index contributed by atoms with van der Waals surface area (Å²) in [7, 11) is 3.75. The van der Waals surface area contributed by atoms with Crippen LogP contribution in [0.2, 0.25) is 0 Å². The summed E-state index contributed by atoms with van der Waals surface area (Å²) < 4.78 is 0. The molecule has 1 amide bonds. The molecule has 1 rings (SSSR count). The Morgan fingerprint density at radius 1 is 1.65 bits per heavy atom. The molecule has 94 valence electrons. The molecule has 0 bridgehead atoms. The minimum Gasteiger partial charge on any atom is -0.323 e. The predicted molar refractivity (Wildman–Crippen MR) is 76.8 cm³/mol. The van der Waals surface area contributed by atoms with E-state index in [0.717, 1.165) is 5.03 Å². The maximum Gasteiger partial charge on any atom is 0.220 e. The topological polar surface area (TPSA) is 45.2 Å². The van der Waals surface area contributed by atoms with Crippen LogP contribution in [0.15, 0.2) is 35.3 Å². The van der Waals surface area contributed by atoms with Gasteiger partial charge in [0.1, 0.15) is 5.03 Å². The molecule has 1 heterocycles. The van der Waals surface area contributed by atoms with Crippen molar-refractivity contribution in [1.29, 1.82) is 0 Å². The van der Waals surface area contributed by atoms with Crippen LogP contribution in [0.25, 0.3) is 0 Å². The Hall–Kier alpha value is -1.11. The molecule has 1 N–H and O–H groups in total. The number of thioether (sulfide) groups is 1. The van der Waals surface area contributed by atoms with Crippen molar-refractivity contribution in [2.75, 3.05) is 25.3 Å². The Bertz CT molecular complexity index is 377. The first-order chi connectivity index (χ1) is 8.14. The number of thiazole rings is 1. The summed E-state index contributed by atoms with van der Waals surface area (Å²) in [6.45, 7) is 7.25. The summed E-state index contributed by atoms with van der Waals surface area (Å²) in [5, 5.41) is 6.16. The normalized spacial score (nSPS) is 8.88. The number of hydrogen-bond donors (Lipinski definition) is 1. The van der Waals surface area contributed by atoms with Gasteiger partial charge in [-0.1, -0.05) is 13.2 Å². The van der Waals surface area contributed by atoms with Gasteiger partial charge in [-0.25, -0.2) is 4.98 Å². The van der Waals surface area contributed by atoms with Crippen LogP contribution in [-0.2, 0) is 4.79 Å². The maximum absolute atomic E-state index is 10.8. The molecule has 0 spiro atoms. The molecule has 4 nitrogen and oxygen atoms in total. The molecule has 0 aliphatic carbocycles. The van der Waals surface area contributed by atoms with Gasteiger partial charge in [-0.3, -0.25) is 9.69 Å². The number of rotatable bonds is 5. The summed E-state index contributed by atoms with van der Waals surface area (Å²) in [6.07, 6.45) is 4.15. The smallest absolute Gasteiger partial charge is 0.220 e. The SMILES string of the molecule is C=CC(=C)N(C=O)c1nc(SC)cs1.CNC. The van der Waals surface area contributed by atoms with Crippen molar-refractivity contribution < 1.29 is 4.79 Å². The predicted octanol–water partition coefficient (Wildman–Crippen LogP) is 2.36. The third kappa shape index (κ3) is 5.16. The molecule has 1 aromatic heterocycles. The lowest BCUT2D eigenvalue weighted by molar-refractivity contribution is -0.107. The van der Waals surface area contributed by atoms with Gasteiger partial charge in [0.2, 0.25) is 6.41 Å². The number of carbonyl (C=O) groups is 1. The zero-order valence-corrected chi connectivity index (χ0v) is 11.9. The average molecular weight is 271 g/mol. The Kier molecular flexibility index (Phi) is 8.39. The molecule has 0 saturated heterocycles. The molecule has 0 aromatic carbocycles. The number of allylic oxidation sites excluding steroid dienone is 1. The zero-order valence-electron chi connectivity index (χ0n) is 10.3. The second-order valence-corrected chi connectivity index (χ2v) is 4.51. The van der Waals surface area contributed by atoms with Crippen LogP contribution < -0.4 is 10.2 Å². The lowest BCUT2D eigenvalue weighted by Gasteiger charge is -2.12. The first kappa shape index (κ1) is 15.9. The highest BCUT2D eigenvalue weighted by Crippen LogP contribution is 2.26. The van der Waals surface area contributed by atoms with Gasteiger partial charge in [-0.05, 0) is 26.4 Å². The van der Waals surface area contributed by atoms with Gasteiger partial charge >= 0.3 is 0 Å². The van der Waals surface area contributed by atoms with Crippen molar-refractivity contribution >= 4 is 34.6 Å². The van der Waals surface area contributed by atoms with Crippen molar-refractivity contribution in [3.05, 3.63) is 30.3 Å². The second-order valence-electron chi connectivity index (χ2n) is 2.84. The molecular formula is C11H17N3OS2. The van der Waals surface area contributed by atoms with Crippen molar-refractivity contribution in [2.45, 2.75) is 5.03 Å². The van der Waals surface area contributed by atoms with Crippen molar-refractivity contribution in [3.63, 3.8) is 0 Å². The minimum absolute atomic E-state index is 0.530. The summed E-state index contributed by atoms with van der Waals surface area (Å²) >= 11 is 2.94. The van der Waals surface area contributed by atoms with Crippen molar-refractivity contribution in [3.8, 4) is 0 Å². The zero-order chi connectivity index (χ0) is 13.3. The van der Waals surface area contributed by atoms with E-state index in [1.807, 2.05) is 25.7 Å². The Morgan fingerprint density at radius 2 is 2.24 bits per heavy atom. The monoisotopic (exact) mass is 271 g/mol. The number of amides is 1. The number of aromatic nitrogens is 1. The molecule has 0 saturated carbocycles. The first-order valence-corrected chi connectivity index (χ1v) is 6.88. The summed E-state index contributed by atoms with van der Waals surface area (Å²) in [4.78, 5) is 16.4. The summed E-state index contributed by atoms with van der Waals surface area (Å²) in [6, 6.07) is 0. The van der Waals surface area contributed by atoms with E-state index >= 15 is 0 Å². The summed E-state index contributed by atoms with van der Waals surface area (Å²) in [5.41, 5.74) is 0.530. The Balaban J connectivity index is 0.000000770. The lowest BCUT2D eigenvalue weighted by Crippen LogP contribution is -2.17. The molecule has 0 radical (unpaired) electrons. The molecule has 6 heteroatoms. The highest BCUT2D eigenvalue weighted by Gasteiger charge is 2.11. The molecular weight excluding hydrogens is 254 g/mol. The van der Waals surface area contributed by atoms with E-state index < -0.39 is 0 Å². The molecule has 0 aliphatic heterocycles. The molecule has 0 unspecified atom stereocenters. The largest absolute Gasteiger partial charge is 0.323 e. The fourth-order valence-corrected chi connectivity index (χ4v) is 2.24. The van der Waals surface area contributed by atoms with E-state index in [-0.39, 0.29) is 0 Å². The van der Waals surface area contributed by atoms with Crippen LogP contribution in [0, 0.1) is 0 Å². The minimum atomic E-state index is 0.530. The van der Waals surface area contributed by atoms with Crippen LogP contribution in [0.4, 0.5) is 5.13 Å². The van der Waals surface area contributed by atoms with E-state index in [2.05, 4.69) is 23.5 Å². The number of hydrogen-bond acceptors (Lipinski definition) is 5. The molecule has 1 aromatic rings. The van der Waals surface area contributed by atoms with Gasteiger partial charge in [0.05, 0.1) is 0 Å². The Labute approximate surface area is 110 Å². The molecule has 17 heavy (non-hydrogen) atoms. The second kappa shape index (κ2) is 8.98. The third-order valence-corrected chi connectivity index (χ3v) is 3.15. The van der Waals surface area contributed by atoms with Crippen LogP contribution in [0.1, 0.15) is 0 Å². The molecule has 0 atom stereocenters. The first-order valence-electron chi connectivity index (χ1n) is 4.78. The lowest BCUT2D eigenvalue weighted by atomic mass is 10.4. The van der Waals surface area contributed by atoms with E-state index in [4.69, 9.17) is 0 Å².